The minimum atomic E-state index is 0. The van der Waals surface area contributed by atoms with Gasteiger partial charge in [0.25, 0.3) is 0 Å². The Kier molecular flexibility index (Phi) is 147. The van der Waals surface area contributed by atoms with Gasteiger partial charge < -0.3 is 5.32 Å². The Hall–Kier alpha value is 1.31. The van der Waals surface area contributed by atoms with Crippen LogP contribution >= 0.6 is 12.4 Å². The predicted molar refractivity (Wildman–Crippen MR) is 33.6 cm³/mol. The Bertz CT molecular complexity index is 13.5. The van der Waals surface area contributed by atoms with Crippen molar-refractivity contribution in [2.75, 3.05) is 14.1 Å². The first-order chi connectivity index (χ1) is 1.41. The van der Waals surface area contributed by atoms with Gasteiger partial charge in [-0.15, -0.1) is 12.4 Å². The van der Waals surface area contributed by atoms with Crippen LogP contribution in [0.2, 0.25) is 0 Å². The fraction of sp³-hybridized carbons (Fsp3) is 1.00. The number of hydrogen-bond donors (Lipinski definition) is 1. The molecule has 0 aromatic heterocycles. The van der Waals surface area contributed by atoms with Crippen molar-refractivity contribution in [2.45, 2.75) is 0 Å². The second kappa shape index (κ2) is 33.3. The van der Waals surface area contributed by atoms with Crippen molar-refractivity contribution < 1.29 is 29.6 Å². The number of halogens is 1. The first-order valence-corrected chi connectivity index (χ1v) is 1.00. The molecule has 0 aliphatic rings. The maximum Gasteiger partial charge on any atom is 1.00 e. The smallest absolute Gasteiger partial charge is 0.323 e. The van der Waals surface area contributed by atoms with Crippen LogP contribution in [-0.2, 0) is 0 Å². The van der Waals surface area contributed by atoms with E-state index in [1.807, 2.05) is 14.1 Å². The van der Waals surface area contributed by atoms with Gasteiger partial charge in [0, 0.05) is 0 Å². The molecule has 0 rings (SSSR count). The summed E-state index contributed by atoms with van der Waals surface area (Å²) in [5.74, 6) is 0. The quantitative estimate of drug-likeness (QED) is 0.319. The van der Waals surface area contributed by atoms with Gasteiger partial charge in [-0.25, -0.2) is 0 Å². The summed E-state index contributed by atoms with van der Waals surface area (Å²) in [5.41, 5.74) is 0. The SMILES string of the molecule is CNC.Cl.[BH4-].[Na+]. The van der Waals surface area contributed by atoms with Crippen molar-refractivity contribution in [1.29, 1.82) is 0 Å². The average Bonchev–Trinajstić information content (AvgIpc) is 0.918. The van der Waals surface area contributed by atoms with Crippen molar-refractivity contribution in [3.63, 3.8) is 0 Å². The third kappa shape index (κ3) is 57.2. The van der Waals surface area contributed by atoms with Crippen molar-refractivity contribution in [3.05, 3.63) is 0 Å². The second-order valence-corrected chi connectivity index (χ2v) is 0.500. The molecule has 0 aliphatic heterocycles. The monoisotopic (exact) mass is 119 g/mol. The fourth-order valence-corrected chi connectivity index (χ4v) is 0. The number of rotatable bonds is 0. The molecule has 0 atom stereocenters. The van der Waals surface area contributed by atoms with Gasteiger partial charge in [0.2, 0.25) is 0 Å². The molecule has 1 nitrogen and oxygen atoms in total. The molecule has 0 bridgehead atoms. The molecular formula is C2H12BClNNa. The zero-order valence-electron chi connectivity index (χ0n) is 3.91. The molecule has 0 aliphatic carbocycles. The van der Waals surface area contributed by atoms with Crippen molar-refractivity contribution >= 4 is 20.8 Å². The van der Waals surface area contributed by atoms with Gasteiger partial charge in [-0.3, -0.25) is 0 Å². The molecule has 36 valence electrons. The van der Waals surface area contributed by atoms with E-state index in [0.717, 1.165) is 0 Å². The van der Waals surface area contributed by atoms with Gasteiger partial charge in [-0.05, 0) is 14.1 Å². The molecule has 0 heterocycles. The standard InChI is InChI=1S/C2H7N.BH4.ClH.Na/c1-3-2;;;/h3H,1-2H3;1H4;1H;/q;-1;;+1. The average molecular weight is 119 g/mol. The second-order valence-electron chi connectivity index (χ2n) is 0.500. The summed E-state index contributed by atoms with van der Waals surface area (Å²) in [7, 11) is 3.75. The van der Waals surface area contributed by atoms with Gasteiger partial charge >= 0.3 is 29.6 Å². The summed E-state index contributed by atoms with van der Waals surface area (Å²) < 4.78 is 0. The summed E-state index contributed by atoms with van der Waals surface area (Å²) in [4.78, 5) is 0. The van der Waals surface area contributed by atoms with Crippen LogP contribution in [0.5, 0.6) is 0 Å². The van der Waals surface area contributed by atoms with Gasteiger partial charge in [-0.1, -0.05) is 8.41 Å². The minimum absolute atomic E-state index is 0. The zero-order valence-corrected chi connectivity index (χ0v) is 6.72. The molecule has 0 saturated carbocycles. The molecule has 0 aromatic carbocycles. The third-order valence-electron chi connectivity index (χ3n) is 0. The Balaban J connectivity index is -0.00000000667. The predicted octanol–water partition coefficient (Wildman–Crippen LogP) is -4.19. The summed E-state index contributed by atoms with van der Waals surface area (Å²) >= 11 is 0. The molecule has 0 saturated heterocycles. The van der Waals surface area contributed by atoms with E-state index >= 15 is 0 Å². The Morgan fingerprint density at radius 1 is 1.17 bits per heavy atom. The molecule has 0 aromatic rings. The third-order valence-corrected chi connectivity index (χ3v) is 0. The fourth-order valence-electron chi connectivity index (χ4n) is 0. The van der Waals surface area contributed by atoms with Crippen LogP contribution in [0.25, 0.3) is 0 Å². The normalized spacial score (nSPS) is 3.00. The van der Waals surface area contributed by atoms with Crippen molar-refractivity contribution in [1.82, 2.24) is 5.32 Å². The Morgan fingerprint density at radius 2 is 1.17 bits per heavy atom. The van der Waals surface area contributed by atoms with Gasteiger partial charge in [0.15, 0.2) is 0 Å². The maximum absolute atomic E-state index is 2.75. The molecular weight excluding hydrogens is 107 g/mol. The molecule has 0 radical (unpaired) electrons. The van der Waals surface area contributed by atoms with Gasteiger partial charge in [0.05, 0.1) is 0 Å². The van der Waals surface area contributed by atoms with E-state index in [9.17, 15) is 0 Å². The first kappa shape index (κ1) is 26.5. The molecule has 0 spiro atoms. The zero-order chi connectivity index (χ0) is 2.71. The first-order valence-electron chi connectivity index (χ1n) is 1.00. The van der Waals surface area contributed by atoms with Crippen molar-refractivity contribution in [3.8, 4) is 0 Å². The Labute approximate surface area is 69.5 Å². The summed E-state index contributed by atoms with van der Waals surface area (Å²) in [6.07, 6.45) is 0. The van der Waals surface area contributed by atoms with Crippen LogP contribution in [-0.4, -0.2) is 22.5 Å². The topological polar surface area (TPSA) is 12.0 Å². The van der Waals surface area contributed by atoms with Gasteiger partial charge in [-0.2, -0.15) is 0 Å². The molecule has 1 N–H and O–H groups in total. The van der Waals surface area contributed by atoms with Crippen LogP contribution in [0.4, 0.5) is 0 Å². The summed E-state index contributed by atoms with van der Waals surface area (Å²) in [5, 5.41) is 2.75. The van der Waals surface area contributed by atoms with E-state index in [1.165, 1.54) is 0 Å². The minimum Gasteiger partial charge on any atom is -0.323 e. The maximum atomic E-state index is 2.75. The number of hydrogen-bond acceptors (Lipinski definition) is 1. The molecule has 6 heavy (non-hydrogen) atoms. The molecule has 0 fully saturated rings. The van der Waals surface area contributed by atoms with E-state index in [4.69, 9.17) is 0 Å². The van der Waals surface area contributed by atoms with Crippen LogP contribution in [0.3, 0.4) is 0 Å². The molecule has 0 unspecified atom stereocenters. The van der Waals surface area contributed by atoms with Crippen LogP contribution in [0.15, 0.2) is 0 Å². The van der Waals surface area contributed by atoms with E-state index < -0.39 is 0 Å². The Morgan fingerprint density at radius 3 is 1.17 bits per heavy atom. The summed E-state index contributed by atoms with van der Waals surface area (Å²) in [6.45, 7) is 0. The van der Waals surface area contributed by atoms with E-state index in [1.54, 1.807) is 0 Å². The van der Waals surface area contributed by atoms with Crippen LogP contribution in [0, 0.1) is 0 Å². The van der Waals surface area contributed by atoms with Gasteiger partial charge in [0.1, 0.15) is 0 Å². The molecule has 0 amide bonds. The summed E-state index contributed by atoms with van der Waals surface area (Å²) in [6, 6.07) is 0. The van der Waals surface area contributed by atoms with E-state index in [0.29, 0.717) is 0 Å². The molecule has 4 heteroatoms. The number of nitrogens with one attached hydrogen (secondary N) is 1. The van der Waals surface area contributed by atoms with Crippen LogP contribution < -0.4 is 34.9 Å². The van der Waals surface area contributed by atoms with E-state index in [2.05, 4.69) is 5.32 Å². The largest absolute Gasteiger partial charge is 1.00 e. The van der Waals surface area contributed by atoms with E-state index in [-0.39, 0.29) is 50.4 Å². The van der Waals surface area contributed by atoms with Crippen molar-refractivity contribution in [2.24, 2.45) is 0 Å². The van der Waals surface area contributed by atoms with Crippen LogP contribution in [0.1, 0.15) is 0 Å².